The number of hydrogen-bond acceptors (Lipinski definition) is 30. The van der Waals surface area contributed by atoms with Crippen LogP contribution in [0.3, 0.4) is 0 Å². The molecule has 17 N–H and O–H groups in total. The van der Waals surface area contributed by atoms with E-state index in [0.717, 1.165) is 13.8 Å². The van der Waals surface area contributed by atoms with Crippen LogP contribution in [0, 0.1) is 0 Å². The largest absolute Gasteiger partial charge is 1.00 e. The molecule has 0 spiro atoms. The maximum atomic E-state index is 13.1. The van der Waals surface area contributed by atoms with E-state index in [0.29, 0.717) is 0 Å². The number of carboxylic acid groups (broad SMARTS) is 3. The van der Waals surface area contributed by atoms with Crippen molar-refractivity contribution in [2.45, 2.75) is 173 Å². The summed E-state index contributed by atoms with van der Waals surface area (Å²) in [7, 11) is 0. The van der Waals surface area contributed by atoms with Gasteiger partial charge in [0.2, 0.25) is 5.79 Å². The van der Waals surface area contributed by atoms with Gasteiger partial charge in [0.1, 0.15) is 104 Å². The smallest absolute Gasteiger partial charge is 0.862 e. The van der Waals surface area contributed by atoms with Crippen molar-refractivity contribution < 1.29 is 238 Å². The quantitative estimate of drug-likeness (QED) is 0.0288. The first-order valence-corrected chi connectivity index (χ1v) is 20.8. The number of aliphatic hydroxyl groups is 15. The van der Waals surface area contributed by atoms with Gasteiger partial charge in [-0.2, -0.15) is 0 Å². The van der Waals surface area contributed by atoms with Crippen molar-refractivity contribution in [3.05, 3.63) is 0 Å². The van der Waals surface area contributed by atoms with Gasteiger partial charge >= 0.3 is 101 Å². The number of carboxylic acids is 3. The van der Waals surface area contributed by atoms with Gasteiger partial charge in [0.25, 0.3) is 11.6 Å². The minimum atomic E-state index is -3.37. The van der Waals surface area contributed by atoms with Crippen LogP contribution < -0.4 is 104 Å². The van der Waals surface area contributed by atoms with Gasteiger partial charge in [0, 0.05) is 19.3 Å². The maximum Gasteiger partial charge on any atom is 1.00 e. The van der Waals surface area contributed by atoms with Crippen LogP contribution in [0.5, 0.6) is 0 Å². The summed E-state index contributed by atoms with van der Waals surface area (Å²) >= 11 is 0. The fourth-order valence-electron chi connectivity index (χ4n) is 8.03. The number of rotatable bonds is 21. The molecule has 4 heterocycles. The fourth-order valence-corrected chi connectivity index (χ4v) is 8.03. The average molecular weight is 1080 g/mol. The van der Waals surface area contributed by atoms with E-state index in [1.807, 2.05) is 0 Å². The normalized spacial score (nSPS) is 40.1. The second-order valence-electron chi connectivity index (χ2n) is 16.8. The zero-order valence-corrected chi connectivity index (χ0v) is 45.3. The van der Waals surface area contributed by atoms with Gasteiger partial charge in [-0.3, -0.25) is 9.98 Å². The topological polar surface area (TPSA) is 554 Å². The van der Waals surface area contributed by atoms with Crippen LogP contribution in [0.4, 0.5) is 0 Å². The zero-order chi connectivity index (χ0) is 52.2. The first kappa shape index (κ1) is 69.5. The molecule has 32 nitrogen and oxygen atoms in total. The van der Waals surface area contributed by atoms with Crippen LogP contribution in [-0.2, 0) is 47.5 Å². The van der Waals surface area contributed by atoms with Crippen molar-refractivity contribution in [1.82, 2.24) is 0 Å². The summed E-state index contributed by atoms with van der Waals surface area (Å²) in [5.41, 5.74) is 0. The number of aliphatic imine (C=N–C) groups is 2. The summed E-state index contributed by atoms with van der Waals surface area (Å²) in [6.45, 7) is -3.24. The Morgan fingerprint density at radius 3 is 1.51 bits per heavy atom. The van der Waals surface area contributed by atoms with E-state index in [1.54, 1.807) is 0 Å². The van der Waals surface area contributed by atoms with Crippen LogP contribution >= 0.6 is 0 Å². The maximum absolute atomic E-state index is 13.1. The minimum Gasteiger partial charge on any atom is -0.862 e. The van der Waals surface area contributed by atoms with Gasteiger partial charge in [0.05, 0.1) is 44.7 Å². The number of carbonyl (C=O) groups excluding carboxylic acids is 1. The average Bonchev–Trinajstić information content (AvgIpc) is 3.27. The van der Waals surface area contributed by atoms with Gasteiger partial charge in [-0.1, -0.05) is 0 Å². The Bertz CT molecular complexity index is 1820. The summed E-state index contributed by atoms with van der Waals surface area (Å²) in [5.74, 6) is -18.5. The molecule has 35 heteroatoms. The molecular formula is C37H57N2Na3O30. The van der Waals surface area contributed by atoms with Crippen molar-refractivity contribution in [3.63, 3.8) is 0 Å². The molecule has 4 fully saturated rings. The number of nitrogens with zero attached hydrogens (tertiary/aromatic N) is 2. The van der Waals surface area contributed by atoms with Gasteiger partial charge in [0.15, 0.2) is 6.29 Å². The third kappa shape index (κ3) is 15.8. The Labute approximate surface area is 473 Å². The molecule has 0 bridgehead atoms. The van der Waals surface area contributed by atoms with E-state index in [2.05, 4.69) is 9.98 Å². The van der Waals surface area contributed by atoms with E-state index in [4.69, 9.17) is 33.2 Å². The molecular weight excluding hydrogens is 1020 g/mol. The SMILES string of the molecule is CC([O-])=N[C@H]1[C@H]([C@H](O)[C@H](O)CO)O[C@@](OC[C@H]2O[C@@H](OC[C@@H](O)[C@@H](O)[C@@H]3O[C@](O)(C(=O)[O-])C[C@H](O)[C@H]3O)[C@H](O)[C@@H](O[C@]3(C(=O)O)C[C@H](O)[C@@H](N=C(C)[O-])[C@H]([C@H](O)[C@H](O)CO)O3)[C@H]2O)(C(=O)O)C[C@@H]1O.[Na+].[Na+].[Na+]. The van der Waals surface area contributed by atoms with E-state index in [9.17, 15) is 117 Å². The summed E-state index contributed by atoms with van der Waals surface area (Å²) in [6, 6.07) is -3.68. The van der Waals surface area contributed by atoms with Crippen LogP contribution in [0.25, 0.3) is 0 Å². The van der Waals surface area contributed by atoms with Gasteiger partial charge in [-0.15, -0.1) is 0 Å². The van der Waals surface area contributed by atoms with E-state index in [1.165, 1.54) is 0 Å². The molecule has 0 aromatic rings. The van der Waals surface area contributed by atoms with Gasteiger partial charge < -0.3 is 140 Å². The van der Waals surface area contributed by atoms with Crippen molar-refractivity contribution in [1.29, 1.82) is 0 Å². The molecule has 4 saturated heterocycles. The molecule has 0 aromatic carbocycles. The molecule has 23 atom stereocenters. The monoisotopic (exact) mass is 1080 g/mol. The first-order chi connectivity index (χ1) is 32.0. The Hall–Kier alpha value is -0.530. The number of carbonyl (C=O) groups is 3. The van der Waals surface area contributed by atoms with Crippen LogP contribution in [0.1, 0.15) is 33.1 Å². The number of ether oxygens (including phenoxy) is 7. The van der Waals surface area contributed by atoms with E-state index in [-0.39, 0.29) is 88.7 Å². The summed E-state index contributed by atoms with van der Waals surface area (Å²) < 4.78 is 38.0. The van der Waals surface area contributed by atoms with E-state index < -0.39 is 215 Å². The standard InChI is InChI=1S/C37H60N2O30.3Na/c1-10(42)38-19-12(44)4-36(33(58)59,67-27(19)22(51)15(47)6-40)64-9-18-25(54)30(69-37(34(60)61)5-13(45)20(39-11(2)43)28(68-37)23(52)16(48)7-41)26(55)31(65-18)63-8-17(49)24(53)29-21(50)14(46)3-35(62,66-29)32(56)57;;;/h12-31,40-41,44-55,62H,3-9H2,1-2H3,(H,38,42)(H,39,43)(H,56,57)(H,58,59)(H,60,61);;;/q;3*+1/p-3/t12-,13-,14-,15+,16+,17+,18+,19+,20+,21+,22+,23+,24+,25-,26+,27+,28+,29+,30-,31+,35-,36+,37-;;;/m0.../s1. The molecule has 4 aliphatic heterocycles. The molecule has 4 aliphatic rings. The van der Waals surface area contributed by atoms with Crippen molar-refractivity contribution >= 4 is 29.7 Å². The van der Waals surface area contributed by atoms with Crippen molar-refractivity contribution in [3.8, 4) is 0 Å². The summed E-state index contributed by atoms with van der Waals surface area (Å²) in [6.07, 6.45) is -44.8. The summed E-state index contributed by atoms with van der Waals surface area (Å²) in [5, 5.41) is 215. The van der Waals surface area contributed by atoms with Crippen LogP contribution in [0.2, 0.25) is 0 Å². The van der Waals surface area contributed by atoms with E-state index >= 15 is 0 Å². The molecule has 0 saturated carbocycles. The molecule has 72 heavy (non-hydrogen) atoms. The zero-order valence-electron chi connectivity index (χ0n) is 39.3. The predicted octanol–water partition coefficient (Wildman–Crippen LogP) is -22.9. The molecule has 398 valence electrons. The Morgan fingerprint density at radius 2 is 1.08 bits per heavy atom. The molecule has 0 aromatic heterocycles. The second kappa shape index (κ2) is 28.9. The Kier molecular flexibility index (Phi) is 27.9. The molecule has 4 rings (SSSR count). The molecule has 0 radical (unpaired) electrons. The van der Waals surface area contributed by atoms with Gasteiger partial charge in [-0.25, -0.2) is 9.59 Å². The summed E-state index contributed by atoms with van der Waals surface area (Å²) in [4.78, 5) is 44.6. The van der Waals surface area contributed by atoms with Crippen LogP contribution in [-0.4, -0.2) is 282 Å². The fraction of sp³-hybridized carbons (Fsp3) is 0.865. The number of aliphatic carboxylic acids is 3. The van der Waals surface area contributed by atoms with Gasteiger partial charge in [-0.05, 0) is 25.6 Å². The molecule has 0 unspecified atom stereocenters. The van der Waals surface area contributed by atoms with Crippen molar-refractivity contribution in [2.75, 3.05) is 26.4 Å². The number of aliphatic hydroxyl groups excluding tert-OH is 14. The minimum absolute atomic E-state index is 0. The second-order valence-corrected chi connectivity index (χ2v) is 16.8. The third-order valence-corrected chi connectivity index (χ3v) is 11.7. The molecule has 0 amide bonds. The number of hydrogen-bond donors (Lipinski definition) is 17. The first-order valence-electron chi connectivity index (χ1n) is 20.8. The van der Waals surface area contributed by atoms with Crippen molar-refractivity contribution in [2.24, 2.45) is 9.98 Å². The molecule has 0 aliphatic carbocycles. The Morgan fingerprint density at radius 1 is 0.639 bits per heavy atom. The Balaban J connectivity index is 0.00000864. The third-order valence-electron chi connectivity index (χ3n) is 11.7. The van der Waals surface area contributed by atoms with Crippen LogP contribution in [0.15, 0.2) is 9.98 Å². The predicted molar refractivity (Wildman–Crippen MR) is 205 cm³/mol.